The first-order chi connectivity index (χ1) is 9.56. The van der Waals surface area contributed by atoms with Crippen molar-refractivity contribution in [2.45, 2.75) is 25.8 Å². The summed E-state index contributed by atoms with van der Waals surface area (Å²) in [5, 5.41) is 7.86. The highest BCUT2D eigenvalue weighted by Crippen LogP contribution is 2.31. The summed E-state index contributed by atoms with van der Waals surface area (Å²) in [7, 11) is 1.82. The van der Waals surface area contributed by atoms with Gasteiger partial charge in [0.25, 0.3) is 5.91 Å². The first-order valence-corrected chi connectivity index (χ1v) is 6.89. The minimum absolute atomic E-state index is 0.0614. The third-order valence-corrected chi connectivity index (χ3v) is 3.80. The number of nitrogens with zero attached hydrogens (tertiary/aromatic N) is 3. The number of carbonyl (C=O) groups excluding carboxylic acids is 1. The van der Waals surface area contributed by atoms with Gasteiger partial charge in [0, 0.05) is 25.3 Å². The van der Waals surface area contributed by atoms with Crippen molar-refractivity contribution in [2.24, 2.45) is 18.7 Å². The molecule has 2 heterocycles. The van der Waals surface area contributed by atoms with Crippen LogP contribution in [0.3, 0.4) is 0 Å². The Morgan fingerprint density at radius 1 is 1.60 bits per heavy atom. The molecule has 0 saturated heterocycles. The fourth-order valence-corrected chi connectivity index (χ4v) is 2.42. The molecule has 0 aliphatic heterocycles. The molecule has 1 aliphatic rings. The predicted octanol–water partition coefficient (Wildman–Crippen LogP) is 0.744. The van der Waals surface area contributed by atoms with Crippen LogP contribution < -0.4 is 11.1 Å². The van der Waals surface area contributed by atoms with Gasteiger partial charge in [-0.05, 0) is 31.7 Å². The Labute approximate surface area is 117 Å². The molecule has 1 aliphatic carbocycles. The summed E-state index contributed by atoms with van der Waals surface area (Å²) < 4.78 is 1.68. The van der Waals surface area contributed by atoms with E-state index in [2.05, 4.69) is 15.4 Å². The van der Waals surface area contributed by atoms with Crippen molar-refractivity contribution >= 4 is 16.9 Å². The van der Waals surface area contributed by atoms with Gasteiger partial charge in [0.2, 0.25) is 0 Å². The van der Waals surface area contributed by atoms with Gasteiger partial charge >= 0.3 is 0 Å². The number of amides is 1. The molecule has 1 amide bonds. The molecule has 106 valence electrons. The number of nitrogens with one attached hydrogen (secondary N) is 1. The Bertz CT molecular complexity index is 659. The van der Waals surface area contributed by atoms with Crippen molar-refractivity contribution in [3.63, 3.8) is 0 Å². The van der Waals surface area contributed by atoms with Crippen LogP contribution in [-0.2, 0) is 7.05 Å². The lowest BCUT2D eigenvalue weighted by Gasteiger charge is -2.12. The van der Waals surface area contributed by atoms with Gasteiger partial charge in [0.1, 0.15) is 0 Å². The van der Waals surface area contributed by atoms with E-state index in [-0.39, 0.29) is 11.9 Å². The molecular weight excluding hydrogens is 254 g/mol. The zero-order valence-corrected chi connectivity index (χ0v) is 11.8. The van der Waals surface area contributed by atoms with Crippen molar-refractivity contribution < 1.29 is 4.79 Å². The van der Waals surface area contributed by atoms with Gasteiger partial charge in [-0.25, -0.2) is 4.98 Å². The number of aromatic nitrogens is 3. The van der Waals surface area contributed by atoms with Crippen molar-refractivity contribution in [3.8, 4) is 0 Å². The summed E-state index contributed by atoms with van der Waals surface area (Å²) in [5.74, 6) is 0.470. The van der Waals surface area contributed by atoms with Crippen LogP contribution in [0.2, 0.25) is 0 Å². The topological polar surface area (TPSA) is 85.8 Å². The zero-order valence-electron chi connectivity index (χ0n) is 11.8. The van der Waals surface area contributed by atoms with Crippen LogP contribution in [0.4, 0.5) is 0 Å². The summed E-state index contributed by atoms with van der Waals surface area (Å²) >= 11 is 0. The maximum atomic E-state index is 12.3. The van der Waals surface area contributed by atoms with Crippen molar-refractivity contribution in [1.82, 2.24) is 20.1 Å². The van der Waals surface area contributed by atoms with Gasteiger partial charge in [0.15, 0.2) is 5.65 Å². The lowest BCUT2D eigenvalue weighted by Crippen LogP contribution is -2.38. The van der Waals surface area contributed by atoms with Crippen LogP contribution >= 0.6 is 0 Å². The Morgan fingerprint density at radius 3 is 3.05 bits per heavy atom. The summed E-state index contributed by atoms with van der Waals surface area (Å²) in [6.45, 7) is 2.39. The fraction of sp³-hybridized carbons (Fsp3) is 0.500. The van der Waals surface area contributed by atoms with E-state index < -0.39 is 0 Å². The molecule has 1 saturated carbocycles. The van der Waals surface area contributed by atoms with Gasteiger partial charge in [-0.1, -0.05) is 0 Å². The number of hydrogen-bond acceptors (Lipinski definition) is 4. The highest BCUT2D eigenvalue weighted by atomic mass is 16.1. The Balaban J connectivity index is 1.83. The molecule has 20 heavy (non-hydrogen) atoms. The number of aryl methyl sites for hydroxylation is 2. The fourth-order valence-electron chi connectivity index (χ4n) is 2.42. The van der Waals surface area contributed by atoms with Crippen molar-refractivity contribution in [1.29, 1.82) is 0 Å². The number of hydrogen-bond donors (Lipinski definition) is 2. The van der Waals surface area contributed by atoms with Gasteiger partial charge in [-0.15, -0.1) is 0 Å². The molecule has 1 unspecified atom stereocenters. The van der Waals surface area contributed by atoms with Crippen LogP contribution in [0.1, 0.15) is 28.9 Å². The highest BCUT2D eigenvalue weighted by molar-refractivity contribution is 6.05. The van der Waals surface area contributed by atoms with Crippen molar-refractivity contribution in [3.05, 3.63) is 23.5 Å². The third kappa shape index (κ3) is 2.38. The molecule has 2 aromatic rings. The number of rotatable bonds is 4. The number of carbonyl (C=O) groups is 1. The monoisotopic (exact) mass is 273 g/mol. The molecular formula is C14H19N5O. The van der Waals surface area contributed by atoms with Crippen LogP contribution in [-0.4, -0.2) is 33.3 Å². The summed E-state index contributed by atoms with van der Waals surface area (Å²) in [6, 6.07) is 1.86. The first-order valence-electron chi connectivity index (χ1n) is 6.89. The first kappa shape index (κ1) is 13.1. The smallest absolute Gasteiger partial charge is 0.252 e. The third-order valence-electron chi connectivity index (χ3n) is 3.80. The molecule has 0 aromatic carbocycles. The van der Waals surface area contributed by atoms with E-state index in [1.807, 2.05) is 14.0 Å². The van der Waals surface area contributed by atoms with Gasteiger partial charge in [0.05, 0.1) is 17.1 Å². The van der Waals surface area contributed by atoms with Crippen LogP contribution in [0.25, 0.3) is 11.0 Å². The van der Waals surface area contributed by atoms with E-state index in [4.69, 9.17) is 5.73 Å². The lowest BCUT2D eigenvalue weighted by atomic mass is 10.1. The normalized spacial score (nSPS) is 16.4. The maximum Gasteiger partial charge on any atom is 0.252 e. The van der Waals surface area contributed by atoms with Crippen LogP contribution in [0.15, 0.2) is 12.3 Å². The zero-order chi connectivity index (χ0) is 14.3. The SMILES string of the molecule is Cc1cc(C(=O)NCC(N)C2CC2)c2cnn(C)c2n1. The minimum Gasteiger partial charge on any atom is -0.350 e. The second-order valence-corrected chi connectivity index (χ2v) is 5.53. The molecule has 3 rings (SSSR count). The number of pyridine rings is 1. The molecule has 0 bridgehead atoms. The average Bonchev–Trinajstić information content (AvgIpc) is 3.21. The quantitative estimate of drug-likeness (QED) is 0.860. The predicted molar refractivity (Wildman–Crippen MR) is 76.3 cm³/mol. The molecule has 0 radical (unpaired) electrons. The highest BCUT2D eigenvalue weighted by Gasteiger charge is 2.28. The van der Waals surface area contributed by atoms with Gasteiger partial charge < -0.3 is 11.1 Å². The molecule has 2 aromatic heterocycles. The Kier molecular flexibility index (Phi) is 3.17. The number of nitrogens with two attached hydrogens (primary N) is 1. The number of fused-ring (bicyclic) bond motifs is 1. The van der Waals surface area contributed by atoms with Gasteiger partial charge in [-0.3, -0.25) is 9.48 Å². The molecule has 1 atom stereocenters. The maximum absolute atomic E-state index is 12.3. The largest absolute Gasteiger partial charge is 0.350 e. The average molecular weight is 273 g/mol. The Morgan fingerprint density at radius 2 is 2.35 bits per heavy atom. The molecule has 1 fully saturated rings. The second-order valence-electron chi connectivity index (χ2n) is 5.53. The van der Waals surface area contributed by atoms with E-state index >= 15 is 0 Å². The van der Waals surface area contributed by atoms with E-state index in [0.717, 1.165) is 16.7 Å². The molecule has 6 nitrogen and oxygen atoms in total. The van der Waals surface area contributed by atoms with E-state index in [1.54, 1.807) is 16.9 Å². The minimum atomic E-state index is -0.107. The molecule has 0 spiro atoms. The molecule has 6 heteroatoms. The van der Waals surface area contributed by atoms with Crippen LogP contribution in [0, 0.1) is 12.8 Å². The molecule has 3 N–H and O–H groups in total. The summed E-state index contributed by atoms with van der Waals surface area (Å²) in [5.41, 5.74) is 8.15. The summed E-state index contributed by atoms with van der Waals surface area (Å²) in [4.78, 5) is 16.7. The van der Waals surface area contributed by atoms with Gasteiger partial charge in [-0.2, -0.15) is 5.10 Å². The lowest BCUT2D eigenvalue weighted by molar-refractivity contribution is 0.0952. The Hall–Kier alpha value is -1.95. The van der Waals surface area contributed by atoms with E-state index in [0.29, 0.717) is 18.0 Å². The standard InChI is InChI=1S/C14H19N5O/c1-8-5-10(11-6-17-19(2)13(11)18-8)14(20)16-7-12(15)9-3-4-9/h5-6,9,12H,3-4,7,15H2,1-2H3,(H,16,20). The van der Waals surface area contributed by atoms with Crippen molar-refractivity contribution in [2.75, 3.05) is 6.54 Å². The van der Waals surface area contributed by atoms with E-state index in [1.165, 1.54) is 12.8 Å². The summed E-state index contributed by atoms with van der Waals surface area (Å²) in [6.07, 6.45) is 4.04. The second kappa shape index (κ2) is 4.86. The van der Waals surface area contributed by atoms with E-state index in [9.17, 15) is 4.79 Å². The van der Waals surface area contributed by atoms with Crippen LogP contribution in [0.5, 0.6) is 0 Å².